The lowest BCUT2D eigenvalue weighted by Crippen LogP contribution is -2.42. The molecule has 1 aromatic rings. The Morgan fingerprint density at radius 3 is 2.75 bits per heavy atom. The Morgan fingerprint density at radius 1 is 1.50 bits per heavy atom. The molecular weight excluding hydrogens is 254 g/mol. The maximum Gasteiger partial charge on any atom is 0.124 e. The van der Waals surface area contributed by atoms with Gasteiger partial charge in [-0.3, -0.25) is 5.41 Å². The zero-order chi connectivity index (χ0) is 14.5. The fourth-order valence-corrected chi connectivity index (χ4v) is 2.54. The second kappa shape index (κ2) is 6.61. The van der Waals surface area contributed by atoms with E-state index in [0.717, 1.165) is 36.4 Å². The molecule has 0 unspecified atom stereocenters. The van der Waals surface area contributed by atoms with Crippen molar-refractivity contribution in [3.8, 4) is 5.75 Å². The van der Waals surface area contributed by atoms with Gasteiger partial charge in [0.05, 0.1) is 12.8 Å². The molecule has 1 aliphatic carbocycles. The number of rotatable bonds is 7. The molecule has 0 spiro atoms. The fraction of sp³-hybridized carbons (Fsp3) is 0.533. The minimum atomic E-state index is 0.0657. The van der Waals surface area contributed by atoms with Gasteiger partial charge in [0.15, 0.2) is 0 Å². The normalized spacial score (nSPS) is 14.7. The van der Waals surface area contributed by atoms with Crippen LogP contribution in [0.2, 0.25) is 0 Å². The van der Waals surface area contributed by atoms with E-state index in [9.17, 15) is 0 Å². The molecule has 5 heteroatoms. The predicted octanol–water partition coefficient (Wildman–Crippen LogP) is 1.72. The Balaban J connectivity index is 2.35. The second-order valence-corrected chi connectivity index (χ2v) is 5.15. The number of methoxy groups -OCH3 is 1. The molecule has 0 atom stereocenters. The average molecular weight is 277 g/mol. The van der Waals surface area contributed by atoms with Crippen LogP contribution < -0.4 is 15.4 Å². The van der Waals surface area contributed by atoms with Crippen molar-refractivity contribution in [3.63, 3.8) is 0 Å². The highest BCUT2D eigenvalue weighted by molar-refractivity contribution is 6.00. The Labute approximate surface area is 119 Å². The lowest BCUT2D eigenvalue weighted by Gasteiger charge is -2.40. The van der Waals surface area contributed by atoms with Crippen molar-refractivity contribution < 1.29 is 9.84 Å². The quantitative estimate of drug-likeness (QED) is 0.523. The summed E-state index contributed by atoms with van der Waals surface area (Å²) in [5.41, 5.74) is 7.37. The summed E-state index contributed by atoms with van der Waals surface area (Å²) < 4.78 is 5.29. The number of nitrogens with zero attached hydrogens (tertiary/aromatic N) is 1. The van der Waals surface area contributed by atoms with E-state index in [2.05, 4.69) is 4.90 Å². The number of benzene rings is 1. The van der Waals surface area contributed by atoms with E-state index in [0.29, 0.717) is 12.5 Å². The summed E-state index contributed by atoms with van der Waals surface area (Å²) in [6.07, 6.45) is 4.25. The molecule has 2 rings (SSSR count). The number of hydrogen-bond acceptors (Lipinski definition) is 4. The number of aliphatic hydroxyl groups excluding tert-OH is 1. The maximum atomic E-state index is 9.10. The topological polar surface area (TPSA) is 82.6 Å². The van der Waals surface area contributed by atoms with Gasteiger partial charge >= 0.3 is 0 Å². The molecule has 110 valence electrons. The molecule has 0 saturated heterocycles. The van der Waals surface area contributed by atoms with Crippen LogP contribution in [0.15, 0.2) is 18.2 Å². The van der Waals surface area contributed by atoms with Crippen LogP contribution in [0.4, 0.5) is 5.69 Å². The number of nitrogens with one attached hydrogen (secondary N) is 1. The number of ether oxygens (including phenoxy) is 1. The lowest BCUT2D eigenvalue weighted by molar-refractivity contribution is 0.283. The molecule has 5 nitrogen and oxygen atoms in total. The summed E-state index contributed by atoms with van der Waals surface area (Å²) in [4.78, 5) is 2.26. The first kappa shape index (κ1) is 14.7. The van der Waals surface area contributed by atoms with E-state index in [4.69, 9.17) is 21.0 Å². The van der Waals surface area contributed by atoms with Gasteiger partial charge in [-0.1, -0.05) is 0 Å². The molecule has 0 aromatic heterocycles. The third-order valence-electron chi connectivity index (χ3n) is 3.88. The van der Waals surface area contributed by atoms with E-state index < -0.39 is 0 Å². The minimum absolute atomic E-state index is 0.0657. The highest BCUT2D eigenvalue weighted by atomic mass is 16.5. The fourth-order valence-electron chi connectivity index (χ4n) is 2.54. The van der Waals surface area contributed by atoms with E-state index in [1.165, 1.54) is 6.42 Å². The van der Waals surface area contributed by atoms with Crippen LogP contribution in [0.25, 0.3) is 0 Å². The van der Waals surface area contributed by atoms with Crippen LogP contribution in [0.5, 0.6) is 5.75 Å². The Bertz CT molecular complexity index is 472. The van der Waals surface area contributed by atoms with Gasteiger partial charge in [0.25, 0.3) is 0 Å². The number of hydrogen-bond donors (Lipinski definition) is 3. The Kier molecular flexibility index (Phi) is 4.84. The van der Waals surface area contributed by atoms with Gasteiger partial charge in [0.1, 0.15) is 11.6 Å². The zero-order valence-corrected chi connectivity index (χ0v) is 11.9. The highest BCUT2D eigenvalue weighted by Crippen LogP contribution is 2.34. The number of anilines is 1. The molecule has 0 heterocycles. The van der Waals surface area contributed by atoms with Crippen LogP contribution in [-0.2, 0) is 0 Å². The van der Waals surface area contributed by atoms with Crippen molar-refractivity contribution in [2.75, 3.05) is 25.2 Å². The number of nitrogen functional groups attached to an aromatic ring is 1. The number of aliphatic hydroxyl groups is 1. The van der Waals surface area contributed by atoms with Crippen molar-refractivity contribution in [2.45, 2.75) is 31.7 Å². The monoisotopic (exact) mass is 277 g/mol. The van der Waals surface area contributed by atoms with E-state index >= 15 is 0 Å². The zero-order valence-electron chi connectivity index (χ0n) is 11.9. The molecular formula is C15H23N3O2. The lowest BCUT2D eigenvalue weighted by atomic mass is 9.90. The largest absolute Gasteiger partial charge is 0.497 e. The smallest absolute Gasteiger partial charge is 0.124 e. The maximum absolute atomic E-state index is 9.10. The van der Waals surface area contributed by atoms with Crippen molar-refractivity contribution in [1.82, 2.24) is 0 Å². The summed E-state index contributed by atoms with van der Waals surface area (Å²) in [5.74, 6) is 0.828. The molecule has 4 N–H and O–H groups in total. The van der Waals surface area contributed by atoms with Crippen LogP contribution in [-0.4, -0.2) is 37.2 Å². The predicted molar refractivity (Wildman–Crippen MR) is 80.7 cm³/mol. The van der Waals surface area contributed by atoms with Gasteiger partial charge in [-0.05, 0) is 37.8 Å². The highest BCUT2D eigenvalue weighted by Gasteiger charge is 2.27. The van der Waals surface area contributed by atoms with E-state index in [1.54, 1.807) is 7.11 Å². The molecule has 0 aliphatic heterocycles. The summed E-state index contributed by atoms with van der Waals surface area (Å²) >= 11 is 0. The summed E-state index contributed by atoms with van der Waals surface area (Å²) in [6.45, 7) is 0.942. The SMILES string of the molecule is COc1ccc(C(=N)N)c(N(CCCO)C2CCC2)c1. The van der Waals surface area contributed by atoms with Gasteiger partial charge in [0.2, 0.25) is 0 Å². The van der Waals surface area contributed by atoms with E-state index in [-0.39, 0.29) is 12.4 Å². The number of nitrogens with two attached hydrogens (primary N) is 1. The molecule has 20 heavy (non-hydrogen) atoms. The van der Waals surface area contributed by atoms with Gasteiger partial charge in [-0.15, -0.1) is 0 Å². The molecule has 0 radical (unpaired) electrons. The first-order valence-electron chi connectivity index (χ1n) is 7.07. The molecule has 1 fully saturated rings. The Hall–Kier alpha value is -1.75. The average Bonchev–Trinajstić information content (AvgIpc) is 2.40. The van der Waals surface area contributed by atoms with Crippen molar-refractivity contribution >= 4 is 11.5 Å². The van der Waals surface area contributed by atoms with E-state index in [1.807, 2.05) is 18.2 Å². The third-order valence-corrected chi connectivity index (χ3v) is 3.88. The van der Waals surface area contributed by atoms with Crippen LogP contribution in [0, 0.1) is 5.41 Å². The second-order valence-electron chi connectivity index (χ2n) is 5.15. The van der Waals surface area contributed by atoms with Crippen molar-refractivity contribution in [2.24, 2.45) is 5.73 Å². The van der Waals surface area contributed by atoms with Crippen LogP contribution >= 0.6 is 0 Å². The van der Waals surface area contributed by atoms with Crippen molar-refractivity contribution in [1.29, 1.82) is 5.41 Å². The minimum Gasteiger partial charge on any atom is -0.497 e. The molecule has 1 aliphatic rings. The molecule has 0 bridgehead atoms. The molecule has 0 amide bonds. The van der Waals surface area contributed by atoms with Crippen molar-refractivity contribution in [3.05, 3.63) is 23.8 Å². The first-order chi connectivity index (χ1) is 9.67. The van der Waals surface area contributed by atoms with Gasteiger partial charge in [0, 0.05) is 30.8 Å². The summed E-state index contributed by atoms with van der Waals surface area (Å²) in [6, 6.07) is 6.07. The standard InChI is InChI=1S/C15H23N3O2/c1-20-12-6-7-13(15(16)17)14(10-12)18(8-3-9-19)11-4-2-5-11/h6-7,10-11,19H,2-5,8-9H2,1H3,(H3,16,17). The number of amidine groups is 1. The van der Waals surface area contributed by atoms with Gasteiger partial charge in [-0.25, -0.2) is 0 Å². The molecule has 1 aromatic carbocycles. The van der Waals surface area contributed by atoms with Gasteiger partial charge < -0.3 is 20.5 Å². The first-order valence-corrected chi connectivity index (χ1v) is 7.07. The van der Waals surface area contributed by atoms with Gasteiger partial charge in [-0.2, -0.15) is 0 Å². The Morgan fingerprint density at radius 2 is 2.25 bits per heavy atom. The third kappa shape index (κ3) is 3.04. The molecule has 1 saturated carbocycles. The van der Waals surface area contributed by atoms with Crippen LogP contribution in [0.3, 0.4) is 0 Å². The van der Waals surface area contributed by atoms with Crippen LogP contribution in [0.1, 0.15) is 31.2 Å². The summed E-state index contributed by atoms with van der Waals surface area (Å²) in [7, 11) is 1.63. The summed E-state index contributed by atoms with van der Waals surface area (Å²) in [5, 5.41) is 16.8.